The molecule has 4 heteroatoms. The molecule has 0 atom stereocenters. The number of nitrogens with zero attached hydrogens (tertiary/aromatic N) is 1. The van der Waals surface area contributed by atoms with E-state index < -0.39 is 0 Å². The minimum absolute atomic E-state index is 0.528. The quantitative estimate of drug-likeness (QED) is 0.641. The Morgan fingerprint density at radius 3 is 3.00 bits per heavy atom. The predicted octanol–water partition coefficient (Wildman–Crippen LogP) is 1.25. The van der Waals surface area contributed by atoms with Gasteiger partial charge < -0.3 is 10.2 Å². The van der Waals surface area contributed by atoms with Crippen LogP contribution in [0.15, 0.2) is 29.0 Å². The zero-order chi connectivity index (χ0) is 7.68. The molecule has 0 radical (unpaired) electrons. The molecule has 0 saturated carbocycles. The topological polar surface area (TPSA) is 67.8 Å². The van der Waals surface area contributed by atoms with Gasteiger partial charge in [0.1, 0.15) is 11.6 Å². The van der Waals surface area contributed by atoms with Crippen LogP contribution in [0.1, 0.15) is 0 Å². The molecule has 2 heterocycles. The number of nitrogens with two attached hydrogens (primary N) is 1. The first-order valence-corrected chi connectivity index (χ1v) is 3.20. The van der Waals surface area contributed by atoms with E-state index in [0.717, 1.165) is 11.3 Å². The first-order valence-electron chi connectivity index (χ1n) is 3.20. The number of nitrogen functional groups attached to an aromatic ring is 1. The van der Waals surface area contributed by atoms with Gasteiger partial charge in [0.2, 0.25) is 0 Å². The maximum atomic E-state index is 5.55. The number of anilines is 1. The minimum Gasteiger partial charge on any atom is -0.464 e. The highest BCUT2D eigenvalue weighted by Gasteiger charge is 2.05. The van der Waals surface area contributed by atoms with Gasteiger partial charge >= 0.3 is 0 Å². The summed E-state index contributed by atoms with van der Waals surface area (Å²) in [5.41, 5.74) is 6.35. The average molecular weight is 149 g/mol. The van der Waals surface area contributed by atoms with Crippen molar-refractivity contribution in [1.82, 2.24) is 10.2 Å². The van der Waals surface area contributed by atoms with Crippen molar-refractivity contribution in [3.05, 3.63) is 24.6 Å². The van der Waals surface area contributed by atoms with Crippen molar-refractivity contribution < 1.29 is 4.42 Å². The largest absolute Gasteiger partial charge is 0.464 e. The fraction of sp³-hybridized carbons (Fsp3) is 0. The SMILES string of the molecule is Nc1[nH]ncc1-c1ccco1. The summed E-state index contributed by atoms with van der Waals surface area (Å²) >= 11 is 0. The molecule has 4 nitrogen and oxygen atoms in total. The fourth-order valence-corrected chi connectivity index (χ4v) is 0.924. The Morgan fingerprint density at radius 1 is 1.55 bits per heavy atom. The van der Waals surface area contributed by atoms with Crippen molar-refractivity contribution >= 4 is 5.82 Å². The van der Waals surface area contributed by atoms with Crippen molar-refractivity contribution in [1.29, 1.82) is 0 Å². The van der Waals surface area contributed by atoms with Crippen molar-refractivity contribution in [3.8, 4) is 11.3 Å². The standard InChI is InChI=1S/C7H7N3O/c8-7-5(4-9-10-7)6-2-1-3-11-6/h1-4H,(H3,8,9,10). The zero-order valence-electron chi connectivity index (χ0n) is 5.74. The summed E-state index contributed by atoms with van der Waals surface area (Å²) in [6.07, 6.45) is 3.23. The summed E-state index contributed by atoms with van der Waals surface area (Å²) in [5.74, 6) is 1.26. The molecule has 0 aliphatic heterocycles. The molecule has 11 heavy (non-hydrogen) atoms. The summed E-state index contributed by atoms with van der Waals surface area (Å²) in [5, 5.41) is 6.39. The van der Waals surface area contributed by atoms with Gasteiger partial charge in [-0.1, -0.05) is 0 Å². The van der Waals surface area contributed by atoms with Crippen LogP contribution in [0, 0.1) is 0 Å². The van der Waals surface area contributed by atoms with Crippen LogP contribution in [0.3, 0.4) is 0 Å². The number of aromatic amines is 1. The van der Waals surface area contributed by atoms with Crippen molar-refractivity contribution in [2.45, 2.75) is 0 Å². The minimum atomic E-state index is 0.528. The number of H-pyrrole nitrogens is 1. The molecule has 0 fully saturated rings. The van der Waals surface area contributed by atoms with Gasteiger partial charge in [0.05, 0.1) is 18.0 Å². The maximum absolute atomic E-state index is 5.55. The van der Waals surface area contributed by atoms with E-state index in [0.29, 0.717) is 5.82 Å². The summed E-state index contributed by atoms with van der Waals surface area (Å²) in [4.78, 5) is 0. The van der Waals surface area contributed by atoms with Gasteiger partial charge in [-0.25, -0.2) is 0 Å². The zero-order valence-corrected chi connectivity index (χ0v) is 5.74. The van der Waals surface area contributed by atoms with Gasteiger partial charge in [0.25, 0.3) is 0 Å². The first kappa shape index (κ1) is 6.03. The highest BCUT2D eigenvalue weighted by molar-refractivity contribution is 5.68. The molecule has 0 aromatic carbocycles. The molecule has 0 saturated heterocycles. The predicted molar refractivity (Wildman–Crippen MR) is 40.7 cm³/mol. The summed E-state index contributed by atoms with van der Waals surface area (Å²) in [6, 6.07) is 3.64. The van der Waals surface area contributed by atoms with Crippen LogP contribution in [0.2, 0.25) is 0 Å². The van der Waals surface area contributed by atoms with E-state index in [4.69, 9.17) is 10.2 Å². The van der Waals surface area contributed by atoms with Gasteiger partial charge in [-0.3, -0.25) is 5.10 Å². The van der Waals surface area contributed by atoms with Crippen molar-refractivity contribution in [2.75, 3.05) is 5.73 Å². The summed E-state index contributed by atoms with van der Waals surface area (Å²) in [6.45, 7) is 0. The van der Waals surface area contributed by atoms with Crippen LogP contribution in [-0.4, -0.2) is 10.2 Å². The van der Waals surface area contributed by atoms with Gasteiger partial charge in [-0.2, -0.15) is 5.10 Å². The van der Waals surface area contributed by atoms with Crippen LogP contribution in [-0.2, 0) is 0 Å². The molecule has 3 N–H and O–H groups in total. The molecule has 0 amide bonds. The van der Waals surface area contributed by atoms with E-state index in [-0.39, 0.29) is 0 Å². The third-order valence-corrected chi connectivity index (χ3v) is 1.46. The normalized spacial score (nSPS) is 10.2. The van der Waals surface area contributed by atoms with E-state index in [1.54, 1.807) is 12.5 Å². The third kappa shape index (κ3) is 0.881. The lowest BCUT2D eigenvalue weighted by Crippen LogP contribution is -1.85. The van der Waals surface area contributed by atoms with Gasteiger partial charge in [0.15, 0.2) is 0 Å². The Hall–Kier alpha value is -1.71. The molecule has 2 aromatic rings. The number of furan rings is 1. The molecule has 0 unspecified atom stereocenters. The molecular formula is C7H7N3O. The van der Waals surface area contributed by atoms with Crippen molar-refractivity contribution in [3.63, 3.8) is 0 Å². The lowest BCUT2D eigenvalue weighted by molar-refractivity contribution is 0.582. The monoisotopic (exact) mass is 149 g/mol. The van der Waals surface area contributed by atoms with Gasteiger partial charge in [0, 0.05) is 0 Å². The molecule has 2 rings (SSSR count). The summed E-state index contributed by atoms with van der Waals surface area (Å²) in [7, 11) is 0. The van der Waals surface area contributed by atoms with Crippen LogP contribution >= 0.6 is 0 Å². The second-order valence-corrected chi connectivity index (χ2v) is 2.17. The van der Waals surface area contributed by atoms with E-state index >= 15 is 0 Å². The molecule has 0 aliphatic rings. The Morgan fingerprint density at radius 2 is 2.45 bits per heavy atom. The van der Waals surface area contributed by atoms with Gasteiger partial charge in [-0.15, -0.1) is 0 Å². The van der Waals surface area contributed by atoms with Crippen LogP contribution in [0.25, 0.3) is 11.3 Å². The second kappa shape index (κ2) is 2.16. The maximum Gasteiger partial charge on any atom is 0.139 e. The van der Waals surface area contributed by atoms with E-state index in [2.05, 4.69) is 10.2 Å². The lowest BCUT2D eigenvalue weighted by atomic mass is 10.2. The number of hydrogen-bond donors (Lipinski definition) is 2. The highest BCUT2D eigenvalue weighted by Crippen LogP contribution is 2.23. The number of rotatable bonds is 1. The molecule has 0 spiro atoms. The van der Waals surface area contributed by atoms with Gasteiger partial charge in [-0.05, 0) is 12.1 Å². The fourth-order valence-electron chi connectivity index (χ4n) is 0.924. The van der Waals surface area contributed by atoms with E-state index in [1.807, 2.05) is 12.1 Å². The molecule has 56 valence electrons. The first-order chi connectivity index (χ1) is 5.38. The van der Waals surface area contributed by atoms with Crippen molar-refractivity contribution in [2.24, 2.45) is 0 Å². The Labute approximate surface area is 63.0 Å². The highest BCUT2D eigenvalue weighted by atomic mass is 16.3. The van der Waals surface area contributed by atoms with Crippen LogP contribution < -0.4 is 5.73 Å². The molecule has 0 bridgehead atoms. The van der Waals surface area contributed by atoms with Crippen LogP contribution in [0.5, 0.6) is 0 Å². The van der Waals surface area contributed by atoms with E-state index in [9.17, 15) is 0 Å². The number of nitrogens with one attached hydrogen (secondary N) is 1. The number of aromatic nitrogens is 2. The molecule has 0 aliphatic carbocycles. The Balaban J connectivity index is 2.53. The Bertz CT molecular complexity index is 336. The number of hydrogen-bond acceptors (Lipinski definition) is 3. The van der Waals surface area contributed by atoms with E-state index in [1.165, 1.54) is 0 Å². The Kier molecular flexibility index (Phi) is 1.18. The molecule has 2 aromatic heterocycles. The third-order valence-electron chi connectivity index (χ3n) is 1.46. The average Bonchev–Trinajstić information content (AvgIpc) is 2.55. The smallest absolute Gasteiger partial charge is 0.139 e. The van der Waals surface area contributed by atoms with Crippen LogP contribution in [0.4, 0.5) is 5.82 Å². The second-order valence-electron chi connectivity index (χ2n) is 2.17. The molecular weight excluding hydrogens is 142 g/mol. The lowest BCUT2D eigenvalue weighted by Gasteiger charge is -1.90. The summed E-state index contributed by atoms with van der Waals surface area (Å²) < 4.78 is 5.12.